The van der Waals surface area contributed by atoms with E-state index in [0.29, 0.717) is 21.8 Å². The molecule has 0 fully saturated rings. The molecule has 1 heterocycles. The van der Waals surface area contributed by atoms with Gasteiger partial charge in [-0.05, 0) is 24.3 Å². The first kappa shape index (κ1) is 24.4. The van der Waals surface area contributed by atoms with Gasteiger partial charge < -0.3 is 5.32 Å². The third-order valence-electron chi connectivity index (χ3n) is 5.09. The van der Waals surface area contributed by atoms with E-state index in [0.717, 1.165) is 11.3 Å². The molecule has 0 aliphatic carbocycles. The third kappa shape index (κ3) is 6.02. The number of aromatic nitrogens is 2. The Labute approximate surface area is 209 Å². The van der Waals surface area contributed by atoms with E-state index in [1.165, 1.54) is 12.1 Å². The largest absolute Gasteiger partial charge is 0.325 e. The smallest absolute Gasteiger partial charge is 0.269 e. The molecule has 4 aromatic rings. The van der Waals surface area contributed by atoms with Gasteiger partial charge in [-0.15, -0.1) is 10.2 Å². The van der Waals surface area contributed by atoms with Crippen LogP contribution in [0.25, 0.3) is 10.6 Å². The molecule has 11 heteroatoms. The molecule has 0 saturated heterocycles. The molecule has 0 atom stereocenters. The Hall–Kier alpha value is -4.77. The van der Waals surface area contributed by atoms with E-state index in [4.69, 9.17) is 0 Å². The number of carbonyl (C=O) groups is 3. The number of hydrogen-bond donors (Lipinski definition) is 2. The van der Waals surface area contributed by atoms with E-state index >= 15 is 0 Å². The summed E-state index contributed by atoms with van der Waals surface area (Å²) >= 11 is 1.10. The first-order valence-corrected chi connectivity index (χ1v) is 11.6. The van der Waals surface area contributed by atoms with Gasteiger partial charge in [0.2, 0.25) is 11.0 Å². The average molecular weight is 502 g/mol. The summed E-state index contributed by atoms with van der Waals surface area (Å²) in [7, 11) is 0. The first-order chi connectivity index (χ1) is 17.4. The number of non-ortho nitro benzene ring substituents is 1. The molecule has 1 aromatic heterocycles. The molecule has 0 saturated carbocycles. The fourth-order valence-corrected chi connectivity index (χ4v) is 4.02. The van der Waals surface area contributed by atoms with Gasteiger partial charge in [-0.1, -0.05) is 53.8 Å². The number of carbonyl (C=O) groups excluding carboxylic acids is 3. The van der Waals surface area contributed by atoms with Crippen molar-refractivity contribution in [3.63, 3.8) is 0 Å². The van der Waals surface area contributed by atoms with Crippen molar-refractivity contribution in [2.24, 2.45) is 0 Å². The van der Waals surface area contributed by atoms with Crippen molar-refractivity contribution < 1.29 is 19.3 Å². The number of nitrogens with one attached hydrogen (secondary N) is 2. The number of para-hydroxylation sites is 1. The number of amides is 2. The molecule has 0 radical (unpaired) electrons. The maximum absolute atomic E-state index is 12.9. The Balaban J connectivity index is 1.39. The Kier molecular flexibility index (Phi) is 7.51. The molecule has 4 rings (SSSR count). The SMILES string of the molecule is O=C(CCC(=O)c1ccccc1)Nc1ccccc1C(=O)Nc1nnc(-c2ccc([N+](=O)[O-])cc2)s1. The Morgan fingerprint density at radius 1 is 0.833 bits per heavy atom. The van der Waals surface area contributed by atoms with Crippen molar-refractivity contribution in [3.8, 4) is 10.6 Å². The molecule has 0 aliphatic heterocycles. The van der Waals surface area contributed by atoms with Crippen LogP contribution in [0.4, 0.5) is 16.5 Å². The molecule has 0 aliphatic rings. The van der Waals surface area contributed by atoms with Gasteiger partial charge in [-0.25, -0.2) is 0 Å². The van der Waals surface area contributed by atoms with Crippen LogP contribution in [0.2, 0.25) is 0 Å². The second kappa shape index (κ2) is 11.1. The van der Waals surface area contributed by atoms with Crippen molar-refractivity contribution >= 4 is 45.4 Å². The highest BCUT2D eigenvalue weighted by atomic mass is 32.1. The van der Waals surface area contributed by atoms with Crippen molar-refractivity contribution in [3.05, 3.63) is 100 Å². The maximum atomic E-state index is 12.9. The lowest BCUT2D eigenvalue weighted by Crippen LogP contribution is -2.18. The van der Waals surface area contributed by atoms with Crippen LogP contribution in [0, 0.1) is 10.1 Å². The van der Waals surface area contributed by atoms with Crippen molar-refractivity contribution in [1.82, 2.24) is 10.2 Å². The normalized spacial score (nSPS) is 10.4. The van der Waals surface area contributed by atoms with Gasteiger partial charge in [0.1, 0.15) is 5.01 Å². The molecule has 0 bridgehead atoms. The molecule has 36 heavy (non-hydrogen) atoms. The number of nitro benzene ring substituents is 1. The lowest BCUT2D eigenvalue weighted by molar-refractivity contribution is -0.384. The van der Waals surface area contributed by atoms with Crippen LogP contribution < -0.4 is 10.6 Å². The predicted molar refractivity (Wildman–Crippen MR) is 135 cm³/mol. The van der Waals surface area contributed by atoms with Crippen molar-refractivity contribution in [1.29, 1.82) is 0 Å². The van der Waals surface area contributed by atoms with Gasteiger partial charge in [0.25, 0.3) is 11.6 Å². The molecular weight excluding hydrogens is 482 g/mol. The number of rotatable bonds is 9. The molecular formula is C25H19N5O5S. The van der Waals surface area contributed by atoms with Crippen LogP contribution in [0.1, 0.15) is 33.6 Å². The second-order valence-corrected chi connectivity index (χ2v) is 8.53. The fraction of sp³-hybridized carbons (Fsp3) is 0.0800. The first-order valence-electron chi connectivity index (χ1n) is 10.8. The number of anilines is 2. The average Bonchev–Trinajstić information content (AvgIpc) is 3.36. The second-order valence-electron chi connectivity index (χ2n) is 7.55. The molecule has 0 spiro atoms. The van der Waals surface area contributed by atoms with E-state index in [2.05, 4.69) is 20.8 Å². The minimum Gasteiger partial charge on any atom is -0.325 e. The minimum atomic E-state index is -0.502. The van der Waals surface area contributed by atoms with Crippen molar-refractivity contribution in [2.75, 3.05) is 10.6 Å². The van der Waals surface area contributed by atoms with Crippen molar-refractivity contribution in [2.45, 2.75) is 12.8 Å². The van der Waals surface area contributed by atoms with Crippen LogP contribution in [0.15, 0.2) is 78.9 Å². The summed E-state index contributed by atoms with van der Waals surface area (Å²) in [6, 6.07) is 21.0. The quantitative estimate of drug-likeness (QED) is 0.187. The van der Waals surface area contributed by atoms with E-state index in [1.807, 2.05) is 6.07 Å². The standard InChI is InChI=1S/C25H19N5O5S/c31-21(16-6-2-1-3-7-16)14-15-22(32)26-20-9-5-4-8-19(20)23(33)27-25-29-28-24(36-25)17-10-12-18(13-11-17)30(34)35/h1-13H,14-15H2,(H,26,32)(H,27,29,33). The number of hydrogen-bond acceptors (Lipinski definition) is 8. The minimum absolute atomic E-state index is 0.0291. The molecule has 2 amide bonds. The van der Waals surface area contributed by atoms with Gasteiger partial charge in [-0.3, -0.25) is 29.8 Å². The highest BCUT2D eigenvalue weighted by Gasteiger charge is 2.17. The molecule has 10 nitrogen and oxygen atoms in total. The molecule has 0 unspecified atom stereocenters. The van der Waals surface area contributed by atoms with E-state index in [1.54, 1.807) is 60.7 Å². The Bertz CT molecular complexity index is 1420. The van der Waals surface area contributed by atoms with Gasteiger partial charge in [0, 0.05) is 36.1 Å². The summed E-state index contributed by atoms with van der Waals surface area (Å²) < 4.78 is 0. The third-order valence-corrected chi connectivity index (χ3v) is 5.98. The lowest BCUT2D eigenvalue weighted by Gasteiger charge is -2.10. The van der Waals surface area contributed by atoms with Crippen LogP contribution in [0.5, 0.6) is 0 Å². The predicted octanol–water partition coefficient (Wildman–Crippen LogP) is 4.97. The summed E-state index contributed by atoms with van der Waals surface area (Å²) in [4.78, 5) is 47.9. The van der Waals surface area contributed by atoms with E-state index in [-0.39, 0.29) is 35.0 Å². The fourth-order valence-electron chi connectivity index (χ4n) is 3.28. The zero-order valence-electron chi connectivity index (χ0n) is 18.7. The highest BCUT2D eigenvalue weighted by Crippen LogP contribution is 2.28. The van der Waals surface area contributed by atoms with Gasteiger partial charge in [0.15, 0.2) is 5.78 Å². The number of nitrogens with zero attached hydrogens (tertiary/aromatic N) is 3. The van der Waals surface area contributed by atoms with Crippen LogP contribution in [-0.2, 0) is 4.79 Å². The van der Waals surface area contributed by atoms with E-state index in [9.17, 15) is 24.5 Å². The summed E-state index contributed by atoms with van der Waals surface area (Å²) in [6.07, 6.45) is 0.0130. The van der Waals surface area contributed by atoms with Gasteiger partial charge in [-0.2, -0.15) is 0 Å². The van der Waals surface area contributed by atoms with E-state index < -0.39 is 16.7 Å². The maximum Gasteiger partial charge on any atom is 0.269 e. The number of nitro groups is 1. The summed E-state index contributed by atoms with van der Waals surface area (Å²) in [5, 5.41) is 24.9. The van der Waals surface area contributed by atoms with Crippen LogP contribution >= 0.6 is 11.3 Å². The zero-order valence-corrected chi connectivity index (χ0v) is 19.5. The van der Waals surface area contributed by atoms with Crippen LogP contribution in [0.3, 0.4) is 0 Å². The Morgan fingerprint density at radius 3 is 2.25 bits per heavy atom. The zero-order chi connectivity index (χ0) is 25.5. The summed E-state index contributed by atoms with van der Waals surface area (Å²) in [6.45, 7) is 0. The number of ketones is 1. The number of benzene rings is 3. The monoisotopic (exact) mass is 501 g/mol. The van der Waals surface area contributed by atoms with Gasteiger partial charge in [0.05, 0.1) is 16.2 Å². The van der Waals surface area contributed by atoms with Gasteiger partial charge >= 0.3 is 0 Å². The summed E-state index contributed by atoms with van der Waals surface area (Å²) in [5.41, 5.74) is 1.63. The molecule has 180 valence electrons. The Morgan fingerprint density at radius 2 is 1.53 bits per heavy atom. The number of Topliss-reactive ketones (excluding diaryl/α,β-unsaturated/α-hetero) is 1. The van der Waals surface area contributed by atoms with Crippen LogP contribution in [-0.4, -0.2) is 32.7 Å². The highest BCUT2D eigenvalue weighted by molar-refractivity contribution is 7.18. The molecule has 3 aromatic carbocycles. The topological polar surface area (TPSA) is 144 Å². The lowest BCUT2D eigenvalue weighted by atomic mass is 10.1. The summed E-state index contributed by atoms with van der Waals surface area (Å²) in [5.74, 6) is -1.04. The molecule has 2 N–H and O–H groups in total.